The lowest BCUT2D eigenvalue weighted by molar-refractivity contribution is -0.140. The summed E-state index contributed by atoms with van der Waals surface area (Å²) in [7, 11) is -2.28. The first kappa shape index (κ1) is 21.4. The van der Waals surface area contributed by atoms with Gasteiger partial charge < -0.3 is 4.90 Å². The fraction of sp³-hybridized carbons (Fsp3) is 0.562. The number of hydrogen-bond donors (Lipinski definition) is 0. The molecule has 0 N–H and O–H groups in total. The van der Waals surface area contributed by atoms with Crippen LogP contribution < -0.4 is 0 Å². The molecule has 142 valence electrons. The molecule has 1 amide bonds. The first-order valence-corrected chi connectivity index (χ1v) is 9.28. The van der Waals surface area contributed by atoms with Gasteiger partial charge in [-0.25, -0.2) is 8.42 Å². The fourth-order valence-electron chi connectivity index (χ4n) is 2.13. The average molecular weight is 380 g/mol. The maximum atomic E-state index is 12.6. The van der Waals surface area contributed by atoms with Crippen molar-refractivity contribution in [2.24, 2.45) is 0 Å². The second-order valence-electron chi connectivity index (χ2n) is 5.98. The molecule has 0 heterocycles. The predicted molar refractivity (Wildman–Crippen MR) is 88.8 cm³/mol. The zero-order chi connectivity index (χ0) is 19.4. The Morgan fingerprint density at radius 2 is 1.68 bits per heavy atom. The van der Waals surface area contributed by atoms with E-state index in [0.29, 0.717) is 11.3 Å². The topological polar surface area (TPSA) is 57.7 Å². The number of amides is 1. The summed E-state index contributed by atoms with van der Waals surface area (Å²) in [6.45, 7) is 3.74. The summed E-state index contributed by atoms with van der Waals surface area (Å²) in [6, 6.07) is 4.70. The second kappa shape index (κ2) is 8.18. The minimum absolute atomic E-state index is 0.0156. The molecule has 25 heavy (non-hydrogen) atoms. The third-order valence-electron chi connectivity index (χ3n) is 3.66. The van der Waals surface area contributed by atoms with E-state index in [-0.39, 0.29) is 23.0 Å². The third kappa shape index (κ3) is 5.71. The Morgan fingerprint density at radius 1 is 1.16 bits per heavy atom. The zero-order valence-electron chi connectivity index (χ0n) is 14.7. The minimum atomic E-state index is -4.49. The lowest BCUT2D eigenvalue weighted by atomic mass is 10.2. The van der Waals surface area contributed by atoms with E-state index < -0.39 is 28.7 Å². The van der Waals surface area contributed by atoms with E-state index in [1.54, 1.807) is 20.8 Å². The maximum absolute atomic E-state index is 12.6. The Morgan fingerprint density at radius 3 is 2.08 bits per heavy atom. The quantitative estimate of drug-likeness (QED) is 0.730. The fourth-order valence-corrected chi connectivity index (χ4v) is 3.50. The van der Waals surface area contributed by atoms with Gasteiger partial charge in [-0.3, -0.25) is 4.79 Å². The second-order valence-corrected chi connectivity index (χ2v) is 7.98. The molecule has 0 aliphatic heterocycles. The summed E-state index contributed by atoms with van der Waals surface area (Å²) < 4.78 is 63.7. The largest absolute Gasteiger partial charge is 0.406 e. The molecule has 0 radical (unpaired) electrons. The Hall–Kier alpha value is -1.61. The summed E-state index contributed by atoms with van der Waals surface area (Å²) in [5.41, 5.74) is 0.0175. The highest BCUT2D eigenvalue weighted by atomic mass is 32.2. The van der Waals surface area contributed by atoms with Crippen molar-refractivity contribution in [2.45, 2.75) is 44.3 Å². The van der Waals surface area contributed by atoms with Crippen LogP contribution in [0.25, 0.3) is 0 Å². The van der Waals surface area contributed by atoms with Crippen molar-refractivity contribution in [1.82, 2.24) is 9.21 Å². The van der Waals surface area contributed by atoms with Crippen LogP contribution in [0, 0.1) is 0 Å². The highest BCUT2D eigenvalue weighted by molar-refractivity contribution is 7.89. The number of halogens is 3. The molecule has 0 saturated heterocycles. The molecule has 0 aromatic heterocycles. The molecule has 0 fully saturated rings. The Labute approximate surface area is 146 Å². The number of benzene rings is 1. The van der Waals surface area contributed by atoms with E-state index in [4.69, 9.17) is 0 Å². The monoisotopic (exact) mass is 380 g/mol. The van der Waals surface area contributed by atoms with Gasteiger partial charge >= 0.3 is 6.18 Å². The summed E-state index contributed by atoms with van der Waals surface area (Å²) in [5.74, 6) is -0.777. The highest BCUT2D eigenvalue weighted by Gasteiger charge is 2.33. The molecule has 1 aromatic rings. The van der Waals surface area contributed by atoms with E-state index in [1.165, 1.54) is 35.6 Å². The lowest BCUT2D eigenvalue weighted by Gasteiger charge is -2.24. The van der Waals surface area contributed by atoms with Gasteiger partial charge in [-0.05, 0) is 44.5 Å². The van der Waals surface area contributed by atoms with Crippen molar-refractivity contribution in [3.05, 3.63) is 29.8 Å². The summed E-state index contributed by atoms with van der Waals surface area (Å²) in [5, 5.41) is 0. The smallest absolute Gasteiger partial charge is 0.330 e. The summed E-state index contributed by atoms with van der Waals surface area (Å²) >= 11 is 0. The van der Waals surface area contributed by atoms with Crippen molar-refractivity contribution in [1.29, 1.82) is 0 Å². The van der Waals surface area contributed by atoms with Gasteiger partial charge in [0.05, 0.1) is 4.90 Å². The molecular formula is C16H23F3N2O3S. The molecule has 9 heteroatoms. The van der Waals surface area contributed by atoms with Crippen molar-refractivity contribution >= 4 is 15.9 Å². The first-order valence-electron chi connectivity index (χ1n) is 7.84. The number of carbonyl (C=O) groups excluding carboxylic acids is 1. The van der Waals surface area contributed by atoms with E-state index in [2.05, 4.69) is 0 Å². The molecule has 0 unspecified atom stereocenters. The Balaban J connectivity index is 3.06. The zero-order valence-corrected chi connectivity index (χ0v) is 15.5. The van der Waals surface area contributed by atoms with Crippen LogP contribution in [-0.2, 0) is 10.0 Å². The average Bonchev–Trinajstić information content (AvgIpc) is 2.51. The molecule has 5 nitrogen and oxygen atoms in total. The molecule has 1 rings (SSSR count). The van der Waals surface area contributed by atoms with Crippen molar-refractivity contribution in [3.8, 4) is 0 Å². The Bertz CT molecular complexity index is 686. The molecule has 0 atom stereocenters. The van der Waals surface area contributed by atoms with Crippen LogP contribution in [-0.4, -0.2) is 55.9 Å². The van der Waals surface area contributed by atoms with Crippen LogP contribution in [0.2, 0.25) is 0 Å². The Kier molecular flexibility index (Phi) is 7.01. The van der Waals surface area contributed by atoms with Crippen molar-refractivity contribution in [3.63, 3.8) is 0 Å². The van der Waals surface area contributed by atoms with Gasteiger partial charge in [-0.1, -0.05) is 6.92 Å². The molecule has 0 aliphatic carbocycles. The van der Waals surface area contributed by atoms with E-state index >= 15 is 0 Å². The number of alkyl halides is 3. The van der Waals surface area contributed by atoms with Gasteiger partial charge in [0.2, 0.25) is 10.0 Å². The molecule has 1 aromatic carbocycles. The van der Waals surface area contributed by atoms with Crippen LogP contribution in [0.1, 0.15) is 37.6 Å². The standard InChI is InChI=1S/C16H23F3N2O3S/c1-5-10-21(11-16(17,18)19)15(22)13-6-8-14(9-7-13)25(23,24)20(4)12(2)3/h6-9,12H,5,10-11H2,1-4H3. The van der Waals surface area contributed by atoms with Crippen LogP contribution in [0.4, 0.5) is 13.2 Å². The van der Waals surface area contributed by atoms with Crippen LogP contribution in [0.5, 0.6) is 0 Å². The first-order chi connectivity index (χ1) is 11.4. The highest BCUT2D eigenvalue weighted by Crippen LogP contribution is 2.20. The number of nitrogens with zero attached hydrogens (tertiary/aromatic N) is 2. The molecule has 0 saturated carbocycles. The lowest BCUT2D eigenvalue weighted by Crippen LogP contribution is -2.39. The van der Waals surface area contributed by atoms with Gasteiger partial charge in [0, 0.05) is 25.2 Å². The third-order valence-corrected chi connectivity index (χ3v) is 5.70. The number of carbonyl (C=O) groups is 1. The van der Waals surface area contributed by atoms with Gasteiger partial charge in [0.1, 0.15) is 6.54 Å². The van der Waals surface area contributed by atoms with E-state index in [9.17, 15) is 26.4 Å². The van der Waals surface area contributed by atoms with Gasteiger partial charge in [-0.15, -0.1) is 0 Å². The molecule has 0 aliphatic rings. The molecule has 0 bridgehead atoms. The van der Waals surface area contributed by atoms with Crippen LogP contribution >= 0.6 is 0 Å². The van der Waals surface area contributed by atoms with E-state index in [1.807, 2.05) is 0 Å². The SMILES string of the molecule is CCCN(CC(F)(F)F)C(=O)c1ccc(S(=O)(=O)N(C)C(C)C)cc1. The van der Waals surface area contributed by atoms with Crippen LogP contribution in [0.3, 0.4) is 0 Å². The maximum Gasteiger partial charge on any atom is 0.406 e. The number of hydrogen-bond acceptors (Lipinski definition) is 3. The number of rotatable bonds is 7. The van der Waals surface area contributed by atoms with Gasteiger partial charge in [0.25, 0.3) is 5.91 Å². The summed E-state index contributed by atoms with van der Waals surface area (Å²) in [6.07, 6.45) is -4.11. The van der Waals surface area contributed by atoms with Crippen molar-refractivity contribution < 1.29 is 26.4 Å². The molecule has 0 spiro atoms. The normalized spacial score (nSPS) is 12.7. The number of sulfonamides is 1. The minimum Gasteiger partial charge on any atom is -0.330 e. The van der Waals surface area contributed by atoms with E-state index in [0.717, 1.165) is 0 Å². The summed E-state index contributed by atoms with van der Waals surface area (Å²) in [4.78, 5) is 13.0. The van der Waals surface area contributed by atoms with Gasteiger partial charge in [0.15, 0.2) is 0 Å². The van der Waals surface area contributed by atoms with Crippen molar-refractivity contribution in [2.75, 3.05) is 20.1 Å². The molecular weight excluding hydrogens is 357 g/mol. The van der Waals surface area contributed by atoms with Gasteiger partial charge in [-0.2, -0.15) is 17.5 Å². The predicted octanol–water partition coefficient (Wildman–Crippen LogP) is 3.13. The van der Waals surface area contributed by atoms with Crippen LogP contribution in [0.15, 0.2) is 29.2 Å².